The average molecular weight is 617 g/mol. The SMILES string of the molecule is COCCCOc1cc(C(O)CC(C)CCC(C)CCOCCCOc2cc(C(=O)CC(C)C)ccc2OC)ccc1OC. The number of carbonyl (C=O) groups is 1. The van der Waals surface area contributed by atoms with Crippen molar-refractivity contribution < 1.29 is 38.3 Å². The molecule has 0 heterocycles. The van der Waals surface area contributed by atoms with E-state index in [1.165, 1.54) is 0 Å². The normalized spacial score (nSPS) is 13.4. The number of ether oxygens (including phenoxy) is 6. The number of benzene rings is 2. The fourth-order valence-corrected chi connectivity index (χ4v) is 4.93. The van der Waals surface area contributed by atoms with Crippen molar-refractivity contribution in [2.75, 3.05) is 54.4 Å². The molecular formula is C36H56O8. The maximum absolute atomic E-state index is 12.4. The van der Waals surface area contributed by atoms with Gasteiger partial charge in [0.25, 0.3) is 0 Å². The highest BCUT2D eigenvalue weighted by molar-refractivity contribution is 5.96. The van der Waals surface area contributed by atoms with Crippen molar-refractivity contribution in [3.05, 3.63) is 47.5 Å². The molecule has 8 nitrogen and oxygen atoms in total. The van der Waals surface area contributed by atoms with Gasteiger partial charge in [-0.3, -0.25) is 4.79 Å². The lowest BCUT2D eigenvalue weighted by atomic mass is 9.90. The summed E-state index contributed by atoms with van der Waals surface area (Å²) in [6.45, 7) is 11.5. The molecule has 0 spiro atoms. The zero-order chi connectivity index (χ0) is 32.3. The van der Waals surface area contributed by atoms with E-state index in [2.05, 4.69) is 13.8 Å². The van der Waals surface area contributed by atoms with Gasteiger partial charge in [-0.25, -0.2) is 0 Å². The van der Waals surface area contributed by atoms with Crippen LogP contribution >= 0.6 is 0 Å². The van der Waals surface area contributed by atoms with E-state index in [1.807, 2.05) is 32.0 Å². The van der Waals surface area contributed by atoms with Crippen LogP contribution in [0.15, 0.2) is 36.4 Å². The minimum Gasteiger partial charge on any atom is -0.493 e. The topological polar surface area (TPSA) is 92.7 Å². The second-order valence-electron chi connectivity index (χ2n) is 12.1. The first-order valence-electron chi connectivity index (χ1n) is 16.1. The summed E-state index contributed by atoms with van der Waals surface area (Å²) in [4.78, 5) is 12.4. The van der Waals surface area contributed by atoms with Crippen LogP contribution in [0.25, 0.3) is 0 Å². The summed E-state index contributed by atoms with van der Waals surface area (Å²) in [6, 6.07) is 11.0. The molecule has 3 atom stereocenters. The Labute approximate surface area is 265 Å². The number of aliphatic hydroxyl groups is 1. The molecule has 0 aliphatic rings. The number of carbonyl (C=O) groups excluding carboxylic acids is 1. The Hall–Kier alpha value is -2.81. The van der Waals surface area contributed by atoms with Crippen LogP contribution in [-0.4, -0.2) is 65.3 Å². The van der Waals surface area contributed by atoms with Gasteiger partial charge in [0.1, 0.15) is 0 Å². The third-order valence-corrected chi connectivity index (χ3v) is 7.63. The summed E-state index contributed by atoms with van der Waals surface area (Å²) in [5.41, 5.74) is 1.49. The Kier molecular flexibility index (Phi) is 17.9. The summed E-state index contributed by atoms with van der Waals surface area (Å²) in [5.74, 6) is 3.87. The van der Waals surface area contributed by atoms with E-state index in [0.29, 0.717) is 92.2 Å². The smallest absolute Gasteiger partial charge is 0.163 e. The molecule has 2 aromatic carbocycles. The Bertz CT molecular complexity index is 1090. The van der Waals surface area contributed by atoms with E-state index in [1.54, 1.807) is 39.5 Å². The van der Waals surface area contributed by atoms with Gasteiger partial charge in [-0.2, -0.15) is 0 Å². The molecule has 1 N–H and O–H groups in total. The number of Topliss-reactive ketones (excluding diaryl/α,β-unsaturated/α-hetero) is 1. The molecule has 2 aromatic rings. The summed E-state index contributed by atoms with van der Waals surface area (Å²) < 4.78 is 33.6. The molecule has 0 aliphatic carbocycles. The van der Waals surface area contributed by atoms with Crippen LogP contribution < -0.4 is 18.9 Å². The molecule has 0 saturated carbocycles. The van der Waals surface area contributed by atoms with Gasteiger partial charge in [0, 0.05) is 51.8 Å². The van der Waals surface area contributed by atoms with Gasteiger partial charge in [-0.05, 0) is 66.5 Å². The lowest BCUT2D eigenvalue weighted by Crippen LogP contribution is -2.10. The number of ketones is 1. The summed E-state index contributed by atoms with van der Waals surface area (Å²) >= 11 is 0. The van der Waals surface area contributed by atoms with Crippen molar-refractivity contribution in [3.8, 4) is 23.0 Å². The number of hydrogen-bond acceptors (Lipinski definition) is 8. The third kappa shape index (κ3) is 13.9. The van der Waals surface area contributed by atoms with E-state index < -0.39 is 6.10 Å². The Morgan fingerprint density at radius 1 is 0.705 bits per heavy atom. The first-order valence-corrected chi connectivity index (χ1v) is 16.1. The van der Waals surface area contributed by atoms with E-state index in [4.69, 9.17) is 28.4 Å². The number of aliphatic hydroxyl groups excluding tert-OH is 1. The summed E-state index contributed by atoms with van der Waals surface area (Å²) in [5, 5.41) is 10.9. The van der Waals surface area contributed by atoms with E-state index >= 15 is 0 Å². The molecule has 0 aromatic heterocycles. The molecule has 8 heteroatoms. The monoisotopic (exact) mass is 616 g/mol. The van der Waals surface area contributed by atoms with Crippen LogP contribution in [0.3, 0.4) is 0 Å². The zero-order valence-corrected chi connectivity index (χ0v) is 28.1. The molecule has 2 rings (SSSR count). The van der Waals surface area contributed by atoms with Crippen LogP contribution in [0.2, 0.25) is 0 Å². The lowest BCUT2D eigenvalue weighted by Gasteiger charge is -2.20. The minimum atomic E-state index is -0.555. The van der Waals surface area contributed by atoms with Crippen LogP contribution in [0.5, 0.6) is 23.0 Å². The maximum Gasteiger partial charge on any atom is 0.163 e. The second kappa shape index (κ2) is 21.0. The molecule has 44 heavy (non-hydrogen) atoms. The Morgan fingerprint density at radius 2 is 1.32 bits per heavy atom. The van der Waals surface area contributed by atoms with Gasteiger partial charge in [-0.15, -0.1) is 0 Å². The number of methoxy groups -OCH3 is 3. The van der Waals surface area contributed by atoms with Crippen LogP contribution in [0.4, 0.5) is 0 Å². The molecule has 0 fully saturated rings. The van der Waals surface area contributed by atoms with Gasteiger partial charge in [0.2, 0.25) is 0 Å². The largest absolute Gasteiger partial charge is 0.493 e. The highest BCUT2D eigenvalue weighted by atomic mass is 16.5. The zero-order valence-electron chi connectivity index (χ0n) is 28.1. The number of hydrogen-bond donors (Lipinski definition) is 1. The van der Waals surface area contributed by atoms with Crippen LogP contribution in [-0.2, 0) is 9.47 Å². The van der Waals surface area contributed by atoms with Gasteiger partial charge in [0.05, 0.1) is 33.5 Å². The highest BCUT2D eigenvalue weighted by Crippen LogP contribution is 2.33. The molecule has 248 valence electrons. The van der Waals surface area contributed by atoms with Crippen molar-refractivity contribution in [3.63, 3.8) is 0 Å². The van der Waals surface area contributed by atoms with E-state index in [-0.39, 0.29) is 5.78 Å². The van der Waals surface area contributed by atoms with E-state index in [9.17, 15) is 9.90 Å². The van der Waals surface area contributed by atoms with Crippen molar-refractivity contribution in [2.24, 2.45) is 17.8 Å². The summed E-state index contributed by atoms with van der Waals surface area (Å²) in [7, 11) is 4.89. The molecule has 0 saturated heterocycles. The predicted molar refractivity (Wildman–Crippen MR) is 174 cm³/mol. The quantitative estimate of drug-likeness (QED) is 0.0948. The summed E-state index contributed by atoms with van der Waals surface area (Å²) in [6.07, 6.45) is 5.31. The fraction of sp³-hybridized carbons (Fsp3) is 0.639. The molecule has 0 radical (unpaired) electrons. The number of rotatable bonds is 24. The molecule has 0 amide bonds. The predicted octanol–water partition coefficient (Wildman–Crippen LogP) is 7.70. The van der Waals surface area contributed by atoms with Crippen molar-refractivity contribution in [1.82, 2.24) is 0 Å². The Balaban J connectivity index is 1.65. The first kappa shape index (κ1) is 37.4. The minimum absolute atomic E-state index is 0.113. The second-order valence-corrected chi connectivity index (χ2v) is 12.1. The van der Waals surface area contributed by atoms with Crippen LogP contribution in [0.1, 0.15) is 94.7 Å². The third-order valence-electron chi connectivity index (χ3n) is 7.63. The molecule has 0 aliphatic heterocycles. The van der Waals surface area contributed by atoms with Crippen molar-refractivity contribution >= 4 is 5.78 Å². The van der Waals surface area contributed by atoms with Crippen molar-refractivity contribution in [2.45, 2.75) is 78.7 Å². The maximum atomic E-state index is 12.4. The van der Waals surface area contributed by atoms with Gasteiger partial charge < -0.3 is 33.5 Å². The van der Waals surface area contributed by atoms with Gasteiger partial charge in [-0.1, -0.05) is 46.6 Å². The van der Waals surface area contributed by atoms with E-state index in [0.717, 1.165) is 37.7 Å². The molecule has 3 unspecified atom stereocenters. The molecular weight excluding hydrogens is 560 g/mol. The molecule has 0 bridgehead atoms. The van der Waals surface area contributed by atoms with Crippen molar-refractivity contribution in [1.29, 1.82) is 0 Å². The Morgan fingerprint density at radius 3 is 1.95 bits per heavy atom. The highest BCUT2D eigenvalue weighted by Gasteiger charge is 2.17. The van der Waals surface area contributed by atoms with Gasteiger partial charge in [0.15, 0.2) is 28.8 Å². The standard InChI is InChI=1S/C36H56O8/c1-26(2)22-31(37)29-12-14-33(40-6)35(24-29)44-20-9-18-42-21-16-27(3)10-11-28(4)23-32(38)30-13-15-34(41-7)36(25-30)43-19-8-17-39-5/h12-15,24-28,32,38H,8-11,16-23H2,1-7H3. The average Bonchev–Trinajstić information content (AvgIpc) is 3.01. The fourth-order valence-electron chi connectivity index (χ4n) is 4.93. The van der Waals surface area contributed by atoms with Crippen LogP contribution in [0, 0.1) is 17.8 Å². The van der Waals surface area contributed by atoms with Gasteiger partial charge >= 0.3 is 0 Å². The lowest BCUT2D eigenvalue weighted by molar-refractivity contribution is 0.0966. The first-order chi connectivity index (χ1) is 21.2.